The Bertz CT molecular complexity index is 680. The number of hydrogen-bond acceptors (Lipinski definition) is 3. The van der Waals surface area contributed by atoms with Gasteiger partial charge in [-0.25, -0.2) is 4.79 Å². The molecule has 0 bridgehead atoms. The molecule has 0 amide bonds. The third-order valence-corrected chi connectivity index (χ3v) is 3.87. The lowest BCUT2D eigenvalue weighted by molar-refractivity contribution is 0.0600. The lowest BCUT2D eigenvalue weighted by atomic mass is 9.98. The van der Waals surface area contributed by atoms with Crippen molar-refractivity contribution in [3.05, 3.63) is 69.7 Å². The van der Waals surface area contributed by atoms with Crippen LogP contribution >= 0.6 is 27.5 Å². The minimum Gasteiger partial charge on any atom is -0.465 e. The molecule has 108 valence electrons. The Kier molecular flexibility index (Phi) is 5.15. The number of ketones is 1. The summed E-state index contributed by atoms with van der Waals surface area (Å²) in [5, 5.41) is 1.07. The van der Waals surface area contributed by atoms with Gasteiger partial charge >= 0.3 is 5.97 Å². The van der Waals surface area contributed by atoms with Crippen LogP contribution in [-0.4, -0.2) is 18.9 Å². The van der Waals surface area contributed by atoms with Crippen LogP contribution < -0.4 is 0 Å². The molecule has 0 atom stereocenters. The van der Waals surface area contributed by atoms with Gasteiger partial charge in [-0.1, -0.05) is 45.7 Å². The Morgan fingerprint density at radius 2 is 1.71 bits per heavy atom. The van der Waals surface area contributed by atoms with Crippen LogP contribution in [0.15, 0.2) is 42.5 Å². The lowest BCUT2D eigenvalue weighted by Crippen LogP contribution is -2.06. The molecule has 21 heavy (non-hydrogen) atoms. The van der Waals surface area contributed by atoms with Crippen LogP contribution in [0, 0.1) is 0 Å². The van der Waals surface area contributed by atoms with Crippen molar-refractivity contribution in [2.45, 2.75) is 5.33 Å². The van der Waals surface area contributed by atoms with Crippen molar-refractivity contribution in [3.63, 3.8) is 0 Å². The number of methoxy groups -OCH3 is 1. The largest absolute Gasteiger partial charge is 0.465 e. The van der Waals surface area contributed by atoms with Crippen molar-refractivity contribution < 1.29 is 14.3 Å². The van der Waals surface area contributed by atoms with E-state index in [2.05, 4.69) is 20.7 Å². The number of alkyl halides is 1. The van der Waals surface area contributed by atoms with E-state index in [1.165, 1.54) is 7.11 Å². The van der Waals surface area contributed by atoms with Gasteiger partial charge < -0.3 is 4.74 Å². The van der Waals surface area contributed by atoms with Crippen LogP contribution in [0.3, 0.4) is 0 Å². The topological polar surface area (TPSA) is 43.4 Å². The summed E-state index contributed by atoms with van der Waals surface area (Å²) in [5.74, 6) is -0.568. The SMILES string of the molecule is COC(=O)c1ccc(C(=O)c2cc(Cl)ccc2CBr)cc1. The maximum Gasteiger partial charge on any atom is 0.337 e. The standard InChI is InChI=1S/C16H12BrClO3/c1-21-16(20)11-4-2-10(3-5-11)15(19)14-8-13(18)7-6-12(14)9-17/h2-8H,9H2,1H3. The van der Waals surface area contributed by atoms with E-state index in [-0.39, 0.29) is 5.78 Å². The highest BCUT2D eigenvalue weighted by Gasteiger charge is 2.14. The Labute approximate surface area is 136 Å². The fourth-order valence-electron chi connectivity index (χ4n) is 1.91. The summed E-state index contributed by atoms with van der Waals surface area (Å²) in [7, 11) is 1.32. The van der Waals surface area contributed by atoms with Gasteiger partial charge in [0, 0.05) is 21.5 Å². The minimum atomic E-state index is -0.432. The van der Waals surface area contributed by atoms with Crippen molar-refractivity contribution in [2.24, 2.45) is 0 Å². The van der Waals surface area contributed by atoms with Crippen molar-refractivity contribution in [1.82, 2.24) is 0 Å². The van der Waals surface area contributed by atoms with Crippen LogP contribution in [0.5, 0.6) is 0 Å². The molecule has 0 aliphatic carbocycles. The van der Waals surface area contributed by atoms with E-state index in [1.807, 2.05) is 6.07 Å². The van der Waals surface area contributed by atoms with Crippen LogP contribution in [0.4, 0.5) is 0 Å². The van der Waals surface area contributed by atoms with Gasteiger partial charge in [0.25, 0.3) is 0 Å². The zero-order valence-corrected chi connectivity index (χ0v) is 13.6. The predicted octanol–water partition coefficient (Wildman–Crippen LogP) is 4.25. The Hall–Kier alpha value is -1.65. The monoisotopic (exact) mass is 366 g/mol. The van der Waals surface area contributed by atoms with Gasteiger partial charge in [0.2, 0.25) is 0 Å². The molecule has 2 aromatic carbocycles. The minimum absolute atomic E-state index is 0.136. The average molecular weight is 368 g/mol. The molecule has 2 aromatic rings. The highest BCUT2D eigenvalue weighted by Crippen LogP contribution is 2.22. The fraction of sp³-hybridized carbons (Fsp3) is 0.125. The first-order chi connectivity index (χ1) is 10.1. The van der Waals surface area contributed by atoms with E-state index >= 15 is 0 Å². The normalized spacial score (nSPS) is 10.2. The molecule has 0 spiro atoms. The predicted molar refractivity (Wildman–Crippen MR) is 85.3 cm³/mol. The second-order valence-corrected chi connectivity index (χ2v) is 5.33. The summed E-state index contributed by atoms with van der Waals surface area (Å²) in [5.41, 5.74) is 2.31. The van der Waals surface area contributed by atoms with Gasteiger partial charge in [-0.3, -0.25) is 4.79 Å². The Morgan fingerprint density at radius 1 is 1.10 bits per heavy atom. The van der Waals surface area contributed by atoms with E-state index in [1.54, 1.807) is 36.4 Å². The first-order valence-electron chi connectivity index (χ1n) is 6.14. The molecule has 0 fully saturated rings. The van der Waals surface area contributed by atoms with Crippen LogP contribution in [0.25, 0.3) is 0 Å². The van der Waals surface area contributed by atoms with Crippen LogP contribution in [-0.2, 0) is 10.1 Å². The third kappa shape index (κ3) is 3.52. The quantitative estimate of drug-likeness (QED) is 0.461. The second-order valence-electron chi connectivity index (χ2n) is 4.33. The van der Waals surface area contributed by atoms with Crippen molar-refractivity contribution in [2.75, 3.05) is 7.11 Å². The molecule has 0 N–H and O–H groups in total. The molecule has 2 rings (SSSR count). The molecular weight excluding hydrogens is 356 g/mol. The molecule has 0 aliphatic heterocycles. The van der Waals surface area contributed by atoms with E-state index in [4.69, 9.17) is 11.6 Å². The first-order valence-corrected chi connectivity index (χ1v) is 7.64. The molecule has 5 heteroatoms. The molecule has 0 saturated carbocycles. The third-order valence-electron chi connectivity index (χ3n) is 3.03. The van der Waals surface area contributed by atoms with E-state index < -0.39 is 5.97 Å². The van der Waals surface area contributed by atoms with Crippen molar-refractivity contribution >= 4 is 39.3 Å². The Morgan fingerprint density at radius 3 is 2.29 bits per heavy atom. The molecule has 0 aromatic heterocycles. The van der Waals surface area contributed by atoms with Crippen molar-refractivity contribution in [1.29, 1.82) is 0 Å². The zero-order valence-electron chi connectivity index (χ0n) is 11.2. The number of esters is 1. The summed E-state index contributed by atoms with van der Waals surface area (Å²) in [6.45, 7) is 0. The summed E-state index contributed by atoms with van der Waals surface area (Å²) in [6.07, 6.45) is 0. The molecule has 0 radical (unpaired) electrons. The number of carbonyl (C=O) groups excluding carboxylic acids is 2. The number of hydrogen-bond donors (Lipinski definition) is 0. The van der Waals surface area contributed by atoms with E-state index in [0.29, 0.717) is 27.0 Å². The molecule has 0 aliphatic rings. The maximum atomic E-state index is 12.5. The highest BCUT2D eigenvalue weighted by atomic mass is 79.9. The van der Waals surface area contributed by atoms with Crippen LogP contribution in [0.2, 0.25) is 5.02 Å². The fourth-order valence-corrected chi connectivity index (χ4v) is 2.57. The number of ether oxygens (including phenoxy) is 1. The zero-order chi connectivity index (χ0) is 15.4. The van der Waals surface area contributed by atoms with E-state index in [9.17, 15) is 9.59 Å². The van der Waals surface area contributed by atoms with E-state index in [0.717, 1.165) is 5.56 Å². The van der Waals surface area contributed by atoms with Crippen molar-refractivity contribution in [3.8, 4) is 0 Å². The summed E-state index contributed by atoms with van der Waals surface area (Å²) in [6, 6.07) is 11.5. The van der Waals surface area contributed by atoms with Gasteiger partial charge in [-0.05, 0) is 29.8 Å². The molecule has 3 nitrogen and oxygen atoms in total. The van der Waals surface area contributed by atoms with Gasteiger partial charge in [0.15, 0.2) is 5.78 Å². The Balaban J connectivity index is 2.36. The number of carbonyl (C=O) groups is 2. The molecule has 0 unspecified atom stereocenters. The number of halogens is 2. The summed E-state index contributed by atoms with van der Waals surface area (Å²) >= 11 is 9.32. The van der Waals surface area contributed by atoms with Gasteiger partial charge in [0.05, 0.1) is 12.7 Å². The molecule has 0 saturated heterocycles. The first kappa shape index (κ1) is 15.7. The van der Waals surface area contributed by atoms with Gasteiger partial charge in [0.1, 0.15) is 0 Å². The average Bonchev–Trinajstić information content (AvgIpc) is 2.53. The van der Waals surface area contributed by atoms with Gasteiger partial charge in [-0.15, -0.1) is 0 Å². The number of rotatable bonds is 4. The second kappa shape index (κ2) is 6.87. The maximum absolute atomic E-state index is 12.5. The van der Waals surface area contributed by atoms with Gasteiger partial charge in [-0.2, -0.15) is 0 Å². The van der Waals surface area contributed by atoms with Crippen LogP contribution in [0.1, 0.15) is 31.8 Å². The highest BCUT2D eigenvalue weighted by molar-refractivity contribution is 9.08. The summed E-state index contributed by atoms with van der Waals surface area (Å²) < 4.78 is 4.63. The molecule has 0 heterocycles. The smallest absolute Gasteiger partial charge is 0.337 e. The number of benzene rings is 2. The summed E-state index contributed by atoms with van der Waals surface area (Å²) in [4.78, 5) is 23.9. The molecular formula is C16H12BrClO3. The lowest BCUT2D eigenvalue weighted by Gasteiger charge is -2.08.